The smallest absolute Gasteiger partial charge is 0.407 e. The van der Waals surface area contributed by atoms with E-state index in [9.17, 15) is 9.59 Å². The first kappa shape index (κ1) is 20.0. The van der Waals surface area contributed by atoms with Crippen LogP contribution in [0.4, 0.5) is 4.79 Å². The summed E-state index contributed by atoms with van der Waals surface area (Å²) in [4.78, 5) is 29.7. The van der Waals surface area contributed by atoms with Gasteiger partial charge in [-0.25, -0.2) is 4.79 Å². The number of amides is 2. The molecular formula is C23H25N3O4. The molecule has 2 amide bonds. The van der Waals surface area contributed by atoms with Gasteiger partial charge in [-0.1, -0.05) is 30.3 Å². The quantitative estimate of drug-likeness (QED) is 0.658. The van der Waals surface area contributed by atoms with E-state index in [1.165, 1.54) is 0 Å². The third-order valence-electron chi connectivity index (χ3n) is 5.19. The van der Waals surface area contributed by atoms with Gasteiger partial charge >= 0.3 is 6.09 Å². The van der Waals surface area contributed by atoms with Gasteiger partial charge in [-0.15, -0.1) is 0 Å². The lowest BCUT2D eigenvalue weighted by Gasteiger charge is -2.26. The van der Waals surface area contributed by atoms with Gasteiger partial charge in [0, 0.05) is 42.3 Å². The summed E-state index contributed by atoms with van der Waals surface area (Å²) in [7, 11) is 0. The SMILES string of the molecule is O=C(NCCc1c[nH]c2ccc(C(=O)N3CCOCC3)cc12)OCc1ccccc1. The van der Waals surface area contributed by atoms with E-state index in [4.69, 9.17) is 9.47 Å². The van der Waals surface area contributed by atoms with Crippen molar-refractivity contribution in [1.29, 1.82) is 0 Å². The van der Waals surface area contributed by atoms with Gasteiger partial charge in [0.05, 0.1) is 13.2 Å². The molecule has 0 unspecified atom stereocenters. The number of morpholine rings is 1. The molecule has 1 saturated heterocycles. The summed E-state index contributed by atoms with van der Waals surface area (Å²) < 4.78 is 10.6. The van der Waals surface area contributed by atoms with Crippen LogP contribution in [-0.4, -0.2) is 54.7 Å². The van der Waals surface area contributed by atoms with Gasteiger partial charge in [0.1, 0.15) is 6.61 Å². The molecule has 0 atom stereocenters. The molecule has 3 aromatic rings. The number of benzene rings is 2. The molecule has 2 heterocycles. The predicted molar refractivity (Wildman–Crippen MR) is 113 cm³/mol. The standard InChI is InChI=1S/C23H25N3O4/c27-22(26-10-12-29-13-11-26)18-6-7-21-20(14-18)19(15-25-21)8-9-24-23(28)30-16-17-4-2-1-3-5-17/h1-7,14-15,25H,8-13,16H2,(H,24,28). The zero-order valence-corrected chi connectivity index (χ0v) is 16.7. The molecule has 0 bridgehead atoms. The van der Waals surface area contributed by atoms with Crippen molar-refractivity contribution < 1.29 is 19.1 Å². The first-order chi connectivity index (χ1) is 14.7. The highest BCUT2D eigenvalue weighted by Crippen LogP contribution is 2.21. The first-order valence-electron chi connectivity index (χ1n) is 10.1. The number of alkyl carbamates (subject to hydrolysis) is 1. The summed E-state index contributed by atoms with van der Waals surface area (Å²) in [5, 5.41) is 3.77. The Morgan fingerprint density at radius 3 is 2.70 bits per heavy atom. The van der Waals surface area contributed by atoms with Crippen LogP contribution in [0.2, 0.25) is 0 Å². The maximum absolute atomic E-state index is 12.8. The molecule has 0 radical (unpaired) electrons. The number of nitrogens with zero attached hydrogens (tertiary/aromatic N) is 1. The fourth-order valence-corrected chi connectivity index (χ4v) is 3.54. The number of fused-ring (bicyclic) bond motifs is 1. The maximum atomic E-state index is 12.8. The molecule has 4 rings (SSSR count). The molecule has 2 N–H and O–H groups in total. The Kier molecular flexibility index (Phi) is 6.29. The summed E-state index contributed by atoms with van der Waals surface area (Å²) >= 11 is 0. The Morgan fingerprint density at radius 1 is 1.10 bits per heavy atom. The second kappa shape index (κ2) is 9.45. The minimum atomic E-state index is -0.443. The van der Waals surface area contributed by atoms with Gasteiger partial charge in [0.15, 0.2) is 0 Å². The summed E-state index contributed by atoms with van der Waals surface area (Å²) in [6.45, 7) is 3.08. The molecule has 1 aliphatic rings. The number of aromatic amines is 1. The molecule has 1 aromatic heterocycles. The summed E-state index contributed by atoms with van der Waals surface area (Å²) in [6, 6.07) is 15.3. The number of hydrogen-bond donors (Lipinski definition) is 2. The number of carbonyl (C=O) groups excluding carboxylic acids is 2. The third kappa shape index (κ3) is 4.80. The van der Waals surface area contributed by atoms with Crippen LogP contribution in [0.15, 0.2) is 54.7 Å². The Morgan fingerprint density at radius 2 is 1.90 bits per heavy atom. The van der Waals surface area contributed by atoms with E-state index >= 15 is 0 Å². The molecule has 7 nitrogen and oxygen atoms in total. The first-order valence-corrected chi connectivity index (χ1v) is 10.1. The number of H-pyrrole nitrogens is 1. The average molecular weight is 407 g/mol. The molecule has 0 saturated carbocycles. The lowest BCUT2D eigenvalue weighted by atomic mass is 10.1. The Labute approximate surface area is 175 Å². The molecule has 1 aliphatic heterocycles. The summed E-state index contributed by atoms with van der Waals surface area (Å²) in [5.74, 6) is 0.0231. The second-order valence-electron chi connectivity index (χ2n) is 7.22. The van der Waals surface area contributed by atoms with Crippen molar-refractivity contribution in [2.75, 3.05) is 32.8 Å². The van der Waals surface area contributed by atoms with Crippen molar-refractivity contribution in [2.45, 2.75) is 13.0 Å². The normalized spacial score (nSPS) is 13.9. The minimum Gasteiger partial charge on any atom is -0.445 e. The van der Waals surface area contributed by atoms with Crippen LogP contribution in [0.5, 0.6) is 0 Å². The highest BCUT2D eigenvalue weighted by atomic mass is 16.5. The number of carbonyl (C=O) groups is 2. The van der Waals surface area contributed by atoms with Crippen molar-refractivity contribution >= 4 is 22.9 Å². The zero-order chi connectivity index (χ0) is 20.8. The van der Waals surface area contributed by atoms with E-state index in [2.05, 4.69) is 10.3 Å². The number of hydrogen-bond acceptors (Lipinski definition) is 4. The fourth-order valence-electron chi connectivity index (χ4n) is 3.54. The molecule has 2 aromatic carbocycles. The van der Waals surface area contributed by atoms with Gasteiger partial charge in [0.2, 0.25) is 0 Å². The zero-order valence-electron chi connectivity index (χ0n) is 16.7. The number of aromatic nitrogens is 1. The van der Waals surface area contributed by atoms with Crippen molar-refractivity contribution in [1.82, 2.24) is 15.2 Å². The van der Waals surface area contributed by atoms with Gasteiger partial charge in [-0.05, 0) is 35.7 Å². The van der Waals surface area contributed by atoms with E-state index in [1.807, 2.05) is 59.6 Å². The summed E-state index contributed by atoms with van der Waals surface area (Å²) in [5.41, 5.74) is 3.63. The monoisotopic (exact) mass is 407 g/mol. The predicted octanol–water partition coefficient (Wildman–Crippen LogP) is 3.11. The van der Waals surface area contributed by atoms with Crippen LogP contribution >= 0.6 is 0 Å². The second-order valence-corrected chi connectivity index (χ2v) is 7.22. The van der Waals surface area contributed by atoms with Crippen molar-refractivity contribution in [2.24, 2.45) is 0 Å². The van der Waals surface area contributed by atoms with Crippen LogP contribution in [0.1, 0.15) is 21.5 Å². The van der Waals surface area contributed by atoms with Crippen LogP contribution in [0.3, 0.4) is 0 Å². The highest BCUT2D eigenvalue weighted by Gasteiger charge is 2.19. The Balaban J connectivity index is 1.33. The van der Waals surface area contributed by atoms with Crippen molar-refractivity contribution in [3.63, 3.8) is 0 Å². The molecule has 7 heteroatoms. The van der Waals surface area contributed by atoms with Crippen LogP contribution in [-0.2, 0) is 22.5 Å². The summed E-state index contributed by atoms with van der Waals surface area (Å²) in [6.07, 6.45) is 2.11. The van der Waals surface area contributed by atoms with E-state index in [0.717, 1.165) is 22.0 Å². The molecule has 0 spiro atoms. The van der Waals surface area contributed by atoms with Crippen molar-refractivity contribution in [3.8, 4) is 0 Å². The van der Waals surface area contributed by atoms with Crippen LogP contribution in [0.25, 0.3) is 10.9 Å². The van der Waals surface area contributed by atoms with Gasteiger partial charge < -0.3 is 24.7 Å². The third-order valence-corrected chi connectivity index (χ3v) is 5.19. The maximum Gasteiger partial charge on any atom is 0.407 e. The van der Waals surface area contributed by atoms with Gasteiger partial charge in [-0.3, -0.25) is 4.79 Å². The van der Waals surface area contributed by atoms with E-state index in [0.29, 0.717) is 44.8 Å². The molecule has 156 valence electrons. The van der Waals surface area contributed by atoms with E-state index in [1.54, 1.807) is 0 Å². The molecular weight excluding hydrogens is 382 g/mol. The number of ether oxygens (including phenoxy) is 2. The Hall–Kier alpha value is -3.32. The Bertz CT molecular complexity index is 1010. The van der Waals surface area contributed by atoms with Crippen LogP contribution < -0.4 is 5.32 Å². The van der Waals surface area contributed by atoms with E-state index in [-0.39, 0.29) is 12.5 Å². The highest BCUT2D eigenvalue weighted by molar-refractivity contribution is 5.98. The molecule has 30 heavy (non-hydrogen) atoms. The lowest BCUT2D eigenvalue weighted by Crippen LogP contribution is -2.40. The largest absolute Gasteiger partial charge is 0.445 e. The topological polar surface area (TPSA) is 83.7 Å². The van der Waals surface area contributed by atoms with Crippen molar-refractivity contribution in [3.05, 3.63) is 71.4 Å². The molecule has 1 fully saturated rings. The van der Waals surface area contributed by atoms with Gasteiger partial charge in [0.25, 0.3) is 5.91 Å². The van der Waals surface area contributed by atoms with Crippen LogP contribution in [0, 0.1) is 0 Å². The average Bonchev–Trinajstić information content (AvgIpc) is 3.21. The van der Waals surface area contributed by atoms with Gasteiger partial charge in [-0.2, -0.15) is 0 Å². The number of nitrogens with one attached hydrogen (secondary N) is 2. The number of rotatable bonds is 6. The molecule has 0 aliphatic carbocycles. The minimum absolute atomic E-state index is 0.0231. The fraction of sp³-hybridized carbons (Fsp3) is 0.304. The van der Waals surface area contributed by atoms with E-state index < -0.39 is 6.09 Å². The lowest BCUT2D eigenvalue weighted by molar-refractivity contribution is 0.0303.